The van der Waals surface area contributed by atoms with Crippen molar-refractivity contribution in [2.75, 3.05) is 13.1 Å². The van der Waals surface area contributed by atoms with Crippen molar-refractivity contribution in [1.82, 2.24) is 4.90 Å². The molecule has 2 heterocycles. The van der Waals surface area contributed by atoms with Crippen LogP contribution in [0.25, 0.3) is 0 Å². The van der Waals surface area contributed by atoms with Gasteiger partial charge < -0.3 is 10.6 Å². The quantitative estimate of drug-likeness (QED) is 0.896. The number of amides is 1. The number of nitrogens with two attached hydrogens (primary N) is 1. The van der Waals surface area contributed by atoms with Gasteiger partial charge in [0.05, 0.1) is 4.88 Å². The summed E-state index contributed by atoms with van der Waals surface area (Å²) in [5.74, 6) is 0.172. The van der Waals surface area contributed by atoms with Crippen molar-refractivity contribution in [2.24, 2.45) is 5.73 Å². The van der Waals surface area contributed by atoms with Crippen molar-refractivity contribution in [3.05, 3.63) is 21.4 Å². The summed E-state index contributed by atoms with van der Waals surface area (Å²) in [6, 6.07) is 2.30. The minimum Gasteiger partial charge on any atom is -0.334 e. The molecule has 3 nitrogen and oxygen atoms in total. The molecule has 0 radical (unpaired) electrons. The zero-order chi connectivity index (χ0) is 12.4. The van der Waals surface area contributed by atoms with E-state index in [0.717, 1.165) is 30.7 Å². The van der Waals surface area contributed by atoms with Crippen molar-refractivity contribution in [3.63, 3.8) is 0 Å². The number of carbonyl (C=O) groups is 1. The number of nitrogens with zero attached hydrogens (tertiary/aromatic N) is 1. The third kappa shape index (κ3) is 2.38. The molecule has 0 saturated carbocycles. The van der Waals surface area contributed by atoms with Crippen LogP contribution in [0.2, 0.25) is 0 Å². The topological polar surface area (TPSA) is 46.3 Å². The first kappa shape index (κ1) is 12.6. The van der Waals surface area contributed by atoms with Crippen LogP contribution in [0.3, 0.4) is 0 Å². The monoisotopic (exact) mass is 252 g/mol. The molecule has 1 atom stereocenters. The normalized spacial score (nSPS) is 19.9. The number of likely N-dealkylation sites (tertiary alicyclic amines) is 1. The summed E-state index contributed by atoms with van der Waals surface area (Å²) in [4.78, 5) is 16.5. The van der Waals surface area contributed by atoms with Crippen molar-refractivity contribution in [2.45, 2.75) is 39.2 Å². The first-order valence-electron chi connectivity index (χ1n) is 6.27. The number of aryl methyl sites for hydroxylation is 2. The lowest BCUT2D eigenvalue weighted by Crippen LogP contribution is -2.39. The highest BCUT2D eigenvalue weighted by atomic mass is 32.1. The smallest absolute Gasteiger partial charge is 0.264 e. The number of hydrogen-bond acceptors (Lipinski definition) is 3. The van der Waals surface area contributed by atoms with E-state index in [1.165, 1.54) is 10.4 Å². The fourth-order valence-electron chi connectivity index (χ4n) is 2.47. The molecule has 0 aromatic carbocycles. The standard InChI is InChI=1S/C13H20N2OS/c1-3-10-7-12(17-9(10)2)13(16)15-6-4-5-11(15)8-14/h7,11H,3-6,8,14H2,1-2H3/t11-/m0/s1. The highest BCUT2D eigenvalue weighted by Gasteiger charge is 2.29. The summed E-state index contributed by atoms with van der Waals surface area (Å²) in [5.41, 5.74) is 7.00. The van der Waals surface area contributed by atoms with Crippen LogP contribution in [0, 0.1) is 6.92 Å². The zero-order valence-electron chi connectivity index (χ0n) is 10.5. The van der Waals surface area contributed by atoms with Crippen LogP contribution in [-0.4, -0.2) is 29.9 Å². The van der Waals surface area contributed by atoms with Crippen LogP contribution in [0.15, 0.2) is 6.07 Å². The Kier molecular flexibility index (Phi) is 3.84. The summed E-state index contributed by atoms with van der Waals surface area (Å²) in [6.07, 6.45) is 3.13. The van der Waals surface area contributed by atoms with Crippen LogP contribution in [-0.2, 0) is 6.42 Å². The minimum atomic E-state index is 0.172. The molecule has 1 aromatic heterocycles. The van der Waals surface area contributed by atoms with Crippen molar-refractivity contribution >= 4 is 17.2 Å². The largest absolute Gasteiger partial charge is 0.334 e. The summed E-state index contributed by atoms with van der Waals surface area (Å²) in [6.45, 7) is 5.66. The molecule has 94 valence electrons. The molecule has 2 rings (SSSR count). The fourth-order valence-corrected chi connectivity index (χ4v) is 3.54. The Morgan fingerprint density at radius 1 is 1.65 bits per heavy atom. The van der Waals surface area contributed by atoms with E-state index in [2.05, 4.69) is 13.8 Å². The number of rotatable bonds is 3. The van der Waals surface area contributed by atoms with E-state index in [1.54, 1.807) is 11.3 Å². The highest BCUT2D eigenvalue weighted by Crippen LogP contribution is 2.26. The molecular weight excluding hydrogens is 232 g/mol. The van der Waals surface area contributed by atoms with E-state index in [0.29, 0.717) is 6.54 Å². The zero-order valence-corrected chi connectivity index (χ0v) is 11.3. The Morgan fingerprint density at radius 3 is 3.00 bits per heavy atom. The molecule has 17 heavy (non-hydrogen) atoms. The molecule has 0 spiro atoms. The van der Waals surface area contributed by atoms with Crippen LogP contribution < -0.4 is 5.73 Å². The molecule has 0 unspecified atom stereocenters. The summed E-state index contributed by atoms with van der Waals surface area (Å²) in [5, 5.41) is 0. The van der Waals surface area contributed by atoms with Gasteiger partial charge in [0.2, 0.25) is 0 Å². The lowest BCUT2D eigenvalue weighted by molar-refractivity contribution is 0.0746. The number of carbonyl (C=O) groups excluding carboxylic acids is 1. The average Bonchev–Trinajstić information content (AvgIpc) is 2.93. The van der Waals surface area contributed by atoms with E-state index >= 15 is 0 Å². The molecule has 0 aliphatic carbocycles. The molecule has 4 heteroatoms. The Hall–Kier alpha value is -0.870. The lowest BCUT2D eigenvalue weighted by atomic mass is 10.2. The van der Waals surface area contributed by atoms with Gasteiger partial charge in [0, 0.05) is 24.0 Å². The maximum absolute atomic E-state index is 12.4. The Balaban J connectivity index is 2.18. The summed E-state index contributed by atoms with van der Waals surface area (Å²) >= 11 is 1.61. The molecule has 1 amide bonds. The van der Waals surface area contributed by atoms with Gasteiger partial charge in [0.1, 0.15) is 0 Å². The molecule has 1 aromatic rings. The first-order chi connectivity index (χ1) is 8.17. The predicted molar refractivity (Wildman–Crippen MR) is 71.5 cm³/mol. The first-order valence-corrected chi connectivity index (χ1v) is 7.09. The van der Waals surface area contributed by atoms with Crippen LogP contribution in [0.4, 0.5) is 0 Å². The number of hydrogen-bond donors (Lipinski definition) is 1. The van der Waals surface area contributed by atoms with Crippen molar-refractivity contribution in [1.29, 1.82) is 0 Å². The third-order valence-corrected chi connectivity index (χ3v) is 4.60. The second kappa shape index (κ2) is 5.19. The fraction of sp³-hybridized carbons (Fsp3) is 0.615. The minimum absolute atomic E-state index is 0.172. The predicted octanol–water partition coefficient (Wildman–Crippen LogP) is 2.18. The van der Waals surface area contributed by atoms with Gasteiger partial charge >= 0.3 is 0 Å². The van der Waals surface area contributed by atoms with Gasteiger partial charge in [-0.3, -0.25) is 4.79 Å². The van der Waals surface area contributed by atoms with Crippen molar-refractivity contribution < 1.29 is 4.79 Å². The molecule has 1 aliphatic heterocycles. The van der Waals surface area contributed by atoms with Crippen LogP contribution >= 0.6 is 11.3 Å². The molecule has 1 aliphatic rings. The van der Waals surface area contributed by atoms with Crippen molar-refractivity contribution in [3.8, 4) is 0 Å². The highest BCUT2D eigenvalue weighted by molar-refractivity contribution is 7.14. The SMILES string of the molecule is CCc1cc(C(=O)N2CCC[C@H]2CN)sc1C. The summed E-state index contributed by atoms with van der Waals surface area (Å²) in [7, 11) is 0. The molecule has 2 N–H and O–H groups in total. The summed E-state index contributed by atoms with van der Waals surface area (Å²) < 4.78 is 0. The van der Waals surface area contributed by atoms with Gasteiger partial charge in [-0.2, -0.15) is 0 Å². The van der Waals surface area contributed by atoms with E-state index in [4.69, 9.17) is 5.73 Å². The maximum Gasteiger partial charge on any atom is 0.264 e. The van der Waals surface area contributed by atoms with Crippen LogP contribution in [0.5, 0.6) is 0 Å². The molecular formula is C13H20N2OS. The van der Waals surface area contributed by atoms with E-state index in [1.807, 2.05) is 11.0 Å². The molecule has 1 fully saturated rings. The molecule has 1 saturated heterocycles. The van der Waals surface area contributed by atoms with Gasteiger partial charge in [-0.25, -0.2) is 0 Å². The van der Waals surface area contributed by atoms with Gasteiger partial charge in [-0.15, -0.1) is 11.3 Å². The average molecular weight is 252 g/mol. The van der Waals surface area contributed by atoms with E-state index < -0.39 is 0 Å². The Morgan fingerprint density at radius 2 is 2.41 bits per heavy atom. The van der Waals surface area contributed by atoms with E-state index in [9.17, 15) is 4.79 Å². The Labute approximate surface area is 107 Å². The number of thiophene rings is 1. The lowest BCUT2D eigenvalue weighted by Gasteiger charge is -2.22. The van der Waals surface area contributed by atoms with E-state index in [-0.39, 0.29) is 11.9 Å². The van der Waals surface area contributed by atoms with Gasteiger partial charge in [-0.1, -0.05) is 6.92 Å². The van der Waals surface area contributed by atoms with Gasteiger partial charge in [-0.05, 0) is 37.8 Å². The maximum atomic E-state index is 12.4. The second-order valence-corrected chi connectivity index (χ2v) is 5.83. The van der Waals surface area contributed by atoms with Gasteiger partial charge in [0.25, 0.3) is 5.91 Å². The van der Waals surface area contributed by atoms with Crippen LogP contribution in [0.1, 0.15) is 39.9 Å². The molecule has 0 bridgehead atoms. The van der Waals surface area contributed by atoms with Gasteiger partial charge in [0.15, 0.2) is 0 Å². The Bertz CT molecular complexity index is 414. The third-order valence-electron chi connectivity index (χ3n) is 3.52. The second-order valence-electron chi connectivity index (χ2n) is 4.58.